The van der Waals surface area contributed by atoms with Gasteiger partial charge in [-0.25, -0.2) is 0 Å². The molecule has 2 aliphatic rings. The number of nitrogens with one attached hydrogen (secondary N) is 1. The third kappa shape index (κ3) is 3.47. The zero-order chi connectivity index (χ0) is 17.1. The number of rotatable bonds is 4. The van der Waals surface area contributed by atoms with Gasteiger partial charge in [0.1, 0.15) is 24.1 Å². The Balaban J connectivity index is 1.58. The Hall–Kier alpha value is -2.24. The number of amides is 2. The summed E-state index contributed by atoms with van der Waals surface area (Å²) in [4.78, 5) is 26.6. The van der Waals surface area contributed by atoms with E-state index in [9.17, 15) is 9.59 Å². The number of likely N-dealkylation sites (tertiary alicyclic amines) is 1. The number of hydrogen-bond donors (Lipinski definition) is 1. The molecule has 6 heteroatoms. The van der Waals surface area contributed by atoms with Crippen molar-refractivity contribution in [2.24, 2.45) is 5.92 Å². The summed E-state index contributed by atoms with van der Waals surface area (Å²) in [6, 6.07) is 5.13. The minimum atomic E-state index is -0.493. The molecular formula is C18H24N2O4. The Labute approximate surface area is 142 Å². The predicted molar refractivity (Wildman–Crippen MR) is 89.1 cm³/mol. The number of hydrogen-bond acceptors (Lipinski definition) is 4. The van der Waals surface area contributed by atoms with E-state index in [0.717, 1.165) is 43.0 Å². The van der Waals surface area contributed by atoms with Gasteiger partial charge in [0.2, 0.25) is 11.8 Å². The second kappa shape index (κ2) is 7.11. The van der Waals surface area contributed by atoms with Crippen LogP contribution in [0.15, 0.2) is 18.2 Å². The predicted octanol–water partition coefficient (Wildman–Crippen LogP) is 1.37. The molecule has 0 bridgehead atoms. The van der Waals surface area contributed by atoms with Gasteiger partial charge in [-0.2, -0.15) is 0 Å². The maximum absolute atomic E-state index is 12.5. The quantitative estimate of drug-likeness (QED) is 0.904. The Kier molecular flexibility index (Phi) is 4.92. The van der Waals surface area contributed by atoms with Crippen LogP contribution in [-0.2, 0) is 16.0 Å². The van der Waals surface area contributed by atoms with Crippen molar-refractivity contribution in [1.29, 1.82) is 0 Å². The summed E-state index contributed by atoms with van der Waals surface area (Å²) < 4.78 is 10.9. The highest BCUT2D eigenvalue weighted by atomic mass is 16.5. The van der Waals surface area contributed by atoms with E-state index in [2.05, 4.69) is 5.32 Å². The van der Waals surface area contributed by atoms with Crippen LogP contribution in [-0.4, -0.2) is 49.6 Å². The molecule has 6 nitrogen and oxygen atoms in total. The maximum atomic E-state index is 12.5. The number of methoxy groups -OCH3 is 1. The molecule has 2 aliphatic heterocycles. The fraction of sp³-hybridized carbons (Fsp3) is 0.556. The van der Waals surface area contributed by atoms with Gasteiger partial charge in [0.15, 0.2) is 0 Å². The van der Waals surface area contributed by atoms with Crippen LogP contribution in [0.5, 0.6) is 11.5 Å². The lowest BCUT2D eigenvalue weighted by molar-refractivity contribution is -0.136. The van der Waals surface area contributed by atoms with Gasteiger partial charge in [0.05, 0.1) is 13.0 Å². The van der Waals surface area contributed by atoms with Gasteiger partial charge >= 0.3 is 0 Å². The number of benzene rings is 1. The van der Waals surface area contributed by atoms with E-state index >= 15 is 0 Å². The van der Waals surface area contributed by atoms with Gasteiger partial charge < -0.3 is 19.7 Å². The summed E-state index contributed by atoms with van der Waals surface area (Å²) in [6.07, 6.45) is 2.70. The summed E-state index contributed by atoms with van der Waals surface area (Å²) in [7, 11) is 1.61. The molecule has 0 radical (unpaired) electrons. The molecule has 1 aromatic rings. The van der Waals surface area contributed by atoms with Crippen molar-refractivity contribution in [2.45, 2.75) is 32.2 Å². The zero-order valence-electron chi connectivity index (χ0n) is 14.2. The third-order valence-electron chi connectivity index (χ3n) is 4.70. The molecule has 0 aromatic heterocycles. The monoisotopic (exact) mass is 332 g/mol. The van der Waals surface area contributed by atoms with E-state index in [4.69, 9.17) is 9.47 Å². The smallest absolute Gasteiger partial charge is 0.244 e. The molecule has 130 valence electrons. The first-order chi connectivity index (χ1) is 11.6. The number of fused-ring (bicyclic) bond motifs is 1. The average Bonchev–Trinajstić information content (AvgIpc) is 3.14. The topological polar surface area (TPSA) is 67.9 Å². The lowest BCUT2D eigenvalue weighted by Crippen LogP contribution is -2.49. The van der Waals surface area contributed by atoms with E-state index in [1.54, 1.807) is 14.0 Å². The molecule has 1 fully saturated rings. The molecule has 2 atom stereocenters. The van der Waals surface area contributed by atoms with Crippen LogP contribution in [0.25, 0.3) is 0 Å². The SMILES string of the molecule is COc1ccc2c(c1)OC[C@H](C(=O)N[C@H](C)C(=O)N1CCCC1)C2. The average molecular weight is 332 g/mol. The fourth-order valence-electron chi connectivity index (χ4n) is 3.25. The Bertz CT molecular complexity index is 625. The van der Waals surface area contributed by atoms with E-state index in [1.807, 2.05) is 23.1 Å². The number of carbonyl (C=O) groups excluding carboxylic acids is 2. The minimum absolute atomic E-state index is 0.00251. The number of nitrogens with zero attached hydrogens (tertiary/aromatic N) is 1. The van der Waals surface area contributed by atoms with Crippen molar-refractivity contribution in [3.05, 3.63) is 23.8 Å². The summed E-state index contributed by atoms with van der Waals surface area (Å²) >= 11 is 0. The van der Waals surface area contributed by atoms with Crippen LogP contribution < -0.4 is 14.8 Å². The van der Waals surface area contributed by atoms with Crippen molar-refractivity contribution in [1.82, 2.24) is 10.2 Å². The molecule has 0 unspecified atom stereocenters. The van der Waals surface area contributed by atoms with Crippen molar-refractivity contribution in [3.63, 3.8) is 0 Å². The maximum Gasteiger partial charge on any atom is 0.244 e. The van der Waals surface area contributed by atoms with Crippen molar-refractivity contribution >= 4 is 11.8 Å². The van der Waals surface area contributed by atoms with Gasteiger partial charge in [-0.3, -0.25) is 9.59 Å². The van der Waals surface area contributed by atoms with Crippen LogP contribution in [0.2, 0.25) is 0 Å². The van der Waals surface area contributed by atoms with E-state index < -0.39 is 6.04 Å². The molecule has 0 spiro atoms. The summed E-state index contributed by atoms with van der Waals surface area (Å²) in [5.74, 6) is 1.10. The first kappa shape index (κ1) is 16.6. The van der Waals surface area contributed by atoms with Crippen LogP contribution in [0.3, 0.4) is 0 Å². The fourth-order valence-corrected chi connectivity index (χ4v) is 3.25. The Morgan fingerprint density at radius 1 is 1.33 bits per heavy atom. The first-order valence-corrected chi connectivity index (χ1v) is 8.47. The highest BCUT2D eigenvalue weighted by Crippen LogP contribution is 2.31. The van der Waals surface area contributed by atoms with Gasteiger partial charge in [0.25, 0.3) is 0 Å². The molecule has 0 saturated carbocycles. The molecular weight excluding hydrogens is 308 g/mol. The normalized spacial score (nSPS) is 20.8. The van der Waals surface area contributed by atoms with E-state index in [0.29, 0.717) is 13.0 Å². The lowest BCUT2D eigenvalue weighted by Gasteiger charge is -2.27. The minimum Gasteiger partial charge on any atom is -0.497 e. The van der Waals surface area contributed by atoms with Gasteiger partial charge in [-0.15, -0.1) is 0 Å². The Morgan fingerprint density at radius 2 is 2.08 bits per heavy atom. The standard InChI is InChI=1S/C18H24N2O4/c1-12(18(22)20-7-3-4-8-20)19-17(21)14-9-13-5-6-15(23-2)10-16(13)24-11-14/h5-6,10,12,14H,3-4,7-9,11H2,1-2H3,(H,19,21)/t12-,14-/m1/s1. The molecule has 3 rings (SSSR count). The van der Waals surface area contributed by atoms with Crippen molar-refractivity contribution < 1.29 is 19.1 Å². The third-order valence-corrected chi connectivity index (χ3v) is 4.70. The summed E-state index contributed by atoms with van der Waals surface area (Å²) in [5.41, 5.74) is 0.987. The molecule has 1 saturated heterocycles. The molecule has 0 aliphatic carbocycles. The second-order valence-electron chi connectivity index (χ2n) is 6.45. The molecule has 2 heterocycles. The largest absolute Gasteiger partial charge is 0.497 e. The highest BCUT2D eigenvalue weighted by Gasteiger charge is 2.30. The Morgan fingerprint density at radius 3 is 2.79 bits per heavy atom. The second-order valence-corrected chi connectivity index (χ2v) is 6.45. The molecule has 1 N–H and O–H groups in total. The van der Waals surface area contributed by atoms with Crippen LogP contribution in [0.1, 0.15) is 25.3 Å². The molecule has 2 amide bonds. The number of ether oxygens (including phenoxy) is 2. The zero-order valence-corrected chi connectivity index (χ0v) is 14.2. The van der Waals surface area contributed by atoms with Crippen molar-refractivity contribution in [2.75, 3.05) is 26.8 Å². The van der Waals surface area contributed by atoms with Crippen LogP contribution in [0, 0.1) is 5.92 Å². The lowest BCUT2D eigenvalue weighted by atomic mass is 9.95. The summed E-state index contributed by atoms with van der Waals surface area (Å²) in [5, 5.41) is 2.84. The summed E-state index contributed by atoms with van der Waals surface area (Å²) in [6.45, 7) is 3.65. The van der Waals surface area contributed by atoms with Gasteiger partial charge in [-0.1, -0.05) is 6.07 Å². The molecule has 1 aromatic carbocycles. The van der Waals surface area contributed by atoms with Gasteiger partial charge in [0, 0.05) is 19.2 Å². The van der Waals surface area contributed by atoms with Gasteiger partial charge in [-0.05, 0) is 37.8 Å². The van der Waals surface area contributed by atoms with E-state index in [-0.39, 0.29) is 17.7 Å². The van der Waals surface area contributed by atoms with Crippen molar-refractivity contribution in [3.8, 4) is 11.5 Å². The molecule has 24 heavy (non-hydrogen) atoms. The van der Waals surface area contributed by atoms with Crippen LogP contribution >= 0.6 is 0 Å². The number of carbonyl (C=O) groups is 2. The van der Waals surface area contributed by atoms with Crippen LogP contribution in [0.4, 0.5) is 0 Å². The van der Waals surface area contributed by atoms with E-state index in [1.165, 1.54) is 0 Å². The first-order valence-electron chi connectivity index (χ1n) is 8.47. The highest BCUT2D eigenvalue weighted by molar-refractivity contribution is 5.88.